The lowest BCUT2D eigenvalue weighted by molar-refractivity contribution is 0.0798. The van der Waals surface area contributed by atoms with E-state index in [-0.39, 0.29) is 12.7 Å². The third-order valence-electron chi connectivity index (χ3n) is 7.18. The van der Waals surface area contributed by atoms with Crippen molar-refractivity contribution in [3.8, 4) is 11.5 Å². The van der Waals surface area contributed by atoms with Crippen LogP contribution < -0.4 is 19.7 Å². The van der Waals surface area contributed by atoms with E-state index in [1.165, 1.54) is 18.2 Å². The largest absolute Gasteiger partial charge is 0.454 e. The van der Waals surface area contributed by atoms with Crippen molar-refractivity contribution in [1.82, 2.24) is 24.4 Å². The molecule has 0 saturated carbocycles. The number of imidazole rings is 1. The summed E-state index contributed by atoms with van der Waals surface area (Å²) in [4.78, 5) is 30.6. The summed E-state index contributed by atoms with van der Waals surface area (Å²) in [7, 11) is 3.54. The number of ether oxygens (including phenoxy) is 2. The number of nitrogens with zero attached hydrogens (tertiary/aromatic N) is 6. The van der Waals surface area contributed by atoms with Crippen molar-refractivity contribution in [2.45, 2.75) is 13.1 Å². The Balaban J connectivity index is 1.26. The fourth-order valence-electron chi connectivity index (χ4n) is 4.73. The topological polar surface area (TPSA) is 97.6 Å². The van der Waals surface area contributed by atoms with Crippen LogP contribution in [-0.4, -0.2) is 64.3 Å². The second-order valence-electron chi connectivity index (χ2n) is 10.2. The zero-order chi connectivity index (χ0) is 29.9. The minimum absolute atomic E-state index is 0.209. The molecule has 0 spiro atoms. The molecule has 6 rings (SSSR count). The van der Waals surface area contributed by atoms with Crippen LogP contribution in [0.1, 0.15) is 21.5 Å². The van der Waals surface area contributed by atoms with E-state index in [2.05, 4.69) is 10.3 Å². The normalized spacial score (nSPS) is 12.0. The van der Waals surface area contributed by atoms with E-state index in [9.17, 15) is 9.18 Å². The smallest absolute Gasteiger partial charge is 0.253 e. The standard InChI is InChI=1S/C31H29ClFN7O3/c1-38(30(41)21-7-5-8-23(33)15-21)12-13-39(2)31-36-28(34-16-20-10-11-25-26(14-20)43-19-42-25)27-29(37-31)40(18-35-27)17-22-6-3-4-9-24(22)32/h3-11,14-15,18H,12-13,16-17,19H2,1-2H3,(H,34,36,37). The predicted molar refractivity (Wildman–Crippen MR) is 162 cm³/mol. The molecule has 5 aromatic rings. The van der Waals surface area contributed by atoms with Crippen LogP contribution >= 0.6 is 11.6 Å². The molecule has 3 aromatic carbocycles. The fraction of sp³-hybridized carbons (Fsp3) is 0.226. The van der Waals surface area contributed by atoms with Gasteiger partial charge < -0.3 is 29.2 Å². The molecule has 3 heterocycles. The van der Waals surface area contributed by atoms with Gasteiger partial charge in [0.1, 0.15) is 5.82 Å². The fourth-order valence-corrected chi connectivity index (χ4v) is 4.93. The van der Waals surface area contributed by atoms with E-state index in [1.807, 2.05) is 59.0 Å². The summed E-state index contributed by atoms with van der Waals surface area (Å²) in [6.07, 6.45) is 1.73. The molecule has 1 aliphatic rings. The van der Waals surface area contributed by atoms with Crippen LogP contribution in [0.15, 0.2) is 73.1 Å². The van der Waals surface area contributed by atoms with Gasteiger partial charge in [0, 0.05) is 44.3 Å². The number of anilines is 2. The summed E-state index contributed by atoms with van der Waals surface area (Å²) in [5.74, 6) is 1.71. The summed E-state index contributed by atoms with van der Waals surface area (Å²) in [6.45, 7) is 1.95. The van der Waals surface area contributed by atoms with Crippen LogP contribution in [-0.2, 0) is 13.1 Å². The maximum atomic E-state index is 13.7. The Morgan fingerprint density at radius 2 is 1.86 bits per heavy atom. The number of hydrogen-bond donors (Lipinski definition) is 1. The van der Waals surface area contributed by atoms with Crippen molar-refractivity contribution < 1.29 is 18.7 Å². The average molecular weight is 602 g/mol. The number of fused-ring (bicyclic) bond motifs is 2. The molecular formula is C31H29ClFN7O3. The average Bonchev–Trinajstić information content (AvgIpc) is 3.66. The molecular weight excluding hydrogens is 573 g/mol. The number of carbonyl (C=O) groups is 1. The number of aromatic nitrogens is 4. The lowest BCUT2D eigenvalue weighted by Crippen LogP contribution is -2.35. The van der Waals surface area contributed by atoms with E-state index < -0.39 is 5.82 Å². The molecule has 0 radical (unpaired) electrons. The molecule has 0 atom stereocenters. The Morgan fingerprint density at radius 1 is 1.02 bits per heavy atom. The van der Waals surface area contributed by atoms with E-state index in [1.54, 1.807) is 24.3 Å². The third-order valence-corrected chi connectivity index (χ3v) is 7.55. The molecule has 0 aliphatic carbocycles. The van der Waals surface area contributed by atoms with Gasteiger partial charge in [0.2, 0.25) is 12.7 Å². The molecule has 220 valence electrons. The molecule has 1 N–H and O–H groups in total. The summed E-state index contributed by atoms with van der Waals surface area (Å²) in [6, 6.07) is 19.1. The minimum Gasteiger partial charge on any atom is -0.454 e. The number of likely N-dealkylation sites (N-methyl/N-ethyl adjacent to an activating group) is 2. The summed E-state index contributed by atoms with van der Waals surface area (Å²) in [5, 5.41) is 4.07. The van der Waals surface area contributed by atoms with Crippen molar-refractivity contribution in [2.75, 3.05) is 44.2 Å². The van der Waals surface area contributed by atoms with Crippen LogP contribution in [0, 0.1) is 5.82 Å². The zero-order valence-electron chi connectivity index (χ0n) is 23.6. The van der Waals surface area contributed by atoms with Crippen molar-refractivity contribution in [2.24, 2.45) is 0 Å². The van der Waals surface area contributed by atoms with Crippen molar-refractivity contribution in [3.63, 3.8) is 0 Å². The summed E-state index contributed by atoms with van der Waals surface area (Å²) in [5.41, 5.74) is 3.46. The second-order valence-corrected chi connectivity index (χ2v) is 10.6. The molecule has 0 bridgehead atoms. The van der Waals surface area contributed by atoms with Crippen LogP contribution in [0.5, 0.6) is 11.5 Å². The van der Waals surface area contributed by atoms with E-state index in [0.29, 0.717) is 65.4 Å². The van der Waals surface area contributed by atoms with E-state index in [0.717, 1.165) is 16.9 Å². The first kappa shape index (κ1) is 28.2. The highest BCUT2D eigenvalue weighted by atomic mass is 35.5. The molecule has 2 aromatic heterocycles. The Morgan fingerprint density at radius 3 is 2.70 bits per heavy atom. The lowest BCUT2D eigenvalue weighted by atomic mass is 10.2. The maximum Gasteiger partial charge on any atom is 0.253 e. The van der Waals surface area contributed by atoms with Gasteiger partial charge >= 0.3 is 0 Å². The van der Waals surface area contributed by atoms with Gasteiger partial charge in [-0.1, -0.05) is 41.9 Å². The number of rotatable bonds is 10. The molecule has 0 saturated heterocycles. The molecule has 0 unspecified atom stereocenters. The van der Waals surface area contributed by atoms with Gasteiger partial charge in [-0.25, -0.2) is 9.37 Å². The lowest BCUT2D eigenvalue weighted by Gasteiger charge is -2.23. The van der Waals surface area contributed by atoms with Crippen LogP contribution in [0.2, 0.25) is 5.02 Å². The summed E-state index contributed by atoms with van der Waals surface area (Å²) >= 11 is 6.45. The Bertz CT molecular complexity index is 1800. The predicted octanol–water partition coefficient (Wildman–Crippen LogP) is 5.22. The van der Waals surface area contributed by atoms with Crippen LogP contribution in [0.25, 0.3) is 11.2 Å². The maximum absolute atomic E-state index is 13.7. The minimum atomic E-state index is -0.452. The number of nitrogens with one attached hydrogen (secondary N) is 1. The SMILES string of the molecule is CN(CCN(C)c1nc(NCc2ccc3c(c2)OCO3)c2ncn(Cc3ccccc3Cl)c2n1)C(=O)c1cccc(F)c1. The highest BCUT2D eigenvalue weighted by Crippen LogP contribution is 2.33. The highest BCUT2D eigenvalue weighted by Gasteiger charge is 2.19. The molecule has 43 heavy (non-hydrogen) atoms. The third kappa shape index (κ3) is 6.17. The van der Waals surface area contributed by atoms with Crippen molar-refractivity contribution in [3.05, 3.63) is 101 Å². The van der Waals surface area contributed by atoms with E-state index in [4.69, 9.17) is 31.0 Å². The number of carbonyl (C=O) groups excluding carboxylic acids is 1. The second kappa shape index (κ2) is 12.1. The Hall–Kier alpha value is -4.90. The van der Waals surface area contributed by atoms with Gasteiger partial charge in [0.05, 0.1) is 12.9 Å². The molecule has 1 amide bonds. The van der Waals surface area contributed by atoms with Gasteiger partial charge in [-0.2, -0.15) is 9.97 Å². The van der Waals surface area contributed by atoms with Gasteiger partial charge in [-0.15, -0.1) is 0 Å². The molecule has 10 nitrogen and oxygen atoms in total. The van der Waals surface area contributed by atoms with Gasteiger partial charge in [-0.3, -0.25) is 4.79 Å². The van der Waals surface area contributed by atoms with Gasteiger partial charge in [-0.05, 0) is 47.5 Å². The first-order chi connectivity index (χ1) is 20.9. The quantitative estimate of drug-likeness (QED) is 0.233. The van der Waals surface area contributed by atoms with Gasteiger partial charge in [0.15, 0.2) is 28.5 Å². The first-order valence-corrected chi connectivity index (χ1v) is 14.0. The van der Waals surface area contributed by atoms with Crippen LogP contribution in [0.3, 0.4) is 0 Å². The zero-order valence-corrected chi connectivity index (χ0v) is 24.4. The Labute approximate surface area is 252 Å². The van der Waals surface area contributed by atoms with Crippen molar-refractivity contribution >= 4 is 40.4 Å². The number of hydrogen-bond acceptors (Lipinski definition) is 8. The van der Waals surface area contributed by atoms with Crippen LogP contribution in [0.4, 0.5) is 16.2 Å². The number of halogens is 2. The van der Waals surface area contributed by atoms with Gasteiger partial charge in [0.25, 0.3) is 5.91 Å². The number of amides is 1. The Kier molecular flexibility index (Phi) is 7.97. The highest BCUT2D eigenvalue weighted by molar-refractivity contribution is 6.31. The monoisotopic (exact) mass is 601 g/mol. The first-order valence-electron chi connectivity index (χ1n) is 13.7. The molecule has 12 heteroatoms. The number of benzene rings is 3. The van der Waals surface area contributed by atoms with Crippen molar-refractivity contribution in [1.29, 1.82) is 0 Å². The molecule has 1 aliphatic heterocycles. The summed E-state index contributed by atoms with van der Waals surface area (Å²) < 4.78 is 26.5. The molecule has 0 fully saturated rings. The van der Waals surface area contributed by atoms with E-state index >= 15 is 0 Å².